The van der Waals surface area contributed by atoms with Crippen LogP contribution in [0.3, 0.4) is 0 Å². The van der Waals surface area contributed by atoms with Gasteiger partial charge >= 0.3 is 0 Å². The van der Waals surface area contributed by atoms with Crippen LogP contribution < -0.4 is 10.1 Å². The van der Waals surface area contributed by atoms with Crippen molar-refractivity contribution in [2.24, 2.45) is 0 Å². The average molecular weight is 355 g/mol. The predicted molar refractivity (Wildman–Crippen MR) is 88.0 cm³/mol. The van der Waals surface area contributed by atoms with Crippen molar-refractivity contribution in [1.82, 2.24) is 5.32 Å². The Balaban J connectivity index is 1.96. The van der Waals surface area contributed by atoms with E-state index in [0.717, 1.165) is 11.3 Å². The van der Waals surface area contributed by atoms with E-state index in [2.05, 4.69) is 5.32 Å². The minimum Gasteiger partial charge on any atom is -0.497 e. The van der Waals surface area contributed by atoms with E-state index in [1.165, 1.54) is 6.92 Å². The Morgan fingerprint density at radius 3 is 2.48 bits per heavy atom. The number of benzene rings is 1. The van der Waals surface area contributed by atoms with Crippen molar-refractivity contribution in [3.8, 4) is 5.75 Å². The van der Waals surface area contributed by atoms with E-state index in [4.69, 9.17) is 14.2 Å². The van der Waals surface area contributed by atoms with E-state index in [1.54, 1.807) is 7.11 Å². The molecule has 1 aromatic carbocycles. The third-order valence-electron chi connectivity index (χ3n) is 4.08. The molecule has 1 heterocycles. The summed E-state index contributed by atoms with van der Waals surface area (Å²) in [5, 5.41) is 31.9. The van der Waals surface area contributed by atoms with Crippen LogP contribution in [0.15, 0.2) is 24.3 Å². The second kappa shape index (κ2) is 9.12. The van der Waals surface area contributed by atoms with Gasteiger partial charge in [-0.2, -0.15) is 0 Å². The summed E-state index contributed by atoms with van der Waals surface area (Å²) in [6, 6.07) is 6.57. The molecule has 1 aliphatic rings. The first-order valence-electron chi connectivity index (χ1n) is 8.10. The number of methoxy groups -OCH3 is 1. The molecule has 0 saturated carbocycles. The molecule has 0 aliphatic carbocycles. The number of rotatable bonds is 7. The lowest BCUT2D eigenvalue weighted by Crippen LogP contribution is -2.64. The van der Waals surface area contributed by atoms with Gasteiger partial charge in [0.25, 0.3) is 0 Å². The smallest absolute Gasteiger partial charge is 0.217 e. The minimum absolute atomic E-state index is 0.272. The molecule has 25 heavy (non-hydrogen) atoms. The predicted octanol–water partition coefficient (Wildman–Crippen LogP) is -0.802. The third-order valence-corrected chi connectivity index (χ3v) is 4.08. The van der Waals surface area contributed by atoms with Crippen LogP contribution in [0.4, 0.5) is 0 Å². The van der Waals surface area contributed by atoms with Crippen molar-refractivity contribution < 1.29 is 34.3 Å². The Morgan fingerprint density at radius 2 is 1.92 bits per heavy atom. The van der Waals surface area contributed by atoms with Crippen molar-refractivity contribution in [3.63, 3.8) is 0 Å². The van der Waals surface area contributed by atoms with Crippen molar-refractivity contribution in [2.75, 3.05) is 20.3 Å². The summed E-state index contributed by atoms with van der Waals surface area (Å²) < 4.78 is 16.2. The minimum atomic E-state index is -1.32. The molecule has 140 valence electrons. The quantitative estimate of drug-likeness (QED) is 0.506. The summed E-state index contributed by atoms with van der Waals surface area (Å²) >= 11 is 0. The average Bonchev–Trinajstić information content (AvgIpc) is 2.61. The highest BCUT2D eigenvalue weighted by atomic mass is 16.7. The van der Waals surface area contributed by atoms with Gasteiger partial charge in [0.15, 0.2) is 6.29 Å². The number of carbonyl (C=O) groups is 1. The molecule has 0 unspecified atom stereocenters. The van der Waals surface area contributed by atoms with Crippen molar-refractivity contribution >= 4 is 5.91 Å². The number of hydrogen-bond acceptors (Lipinski definition) is 7. The molecule has 0 radical (unpaired) electrons. The lowest BCUT2D eigenvalue weighted by atomic mass is 9.97. The highest BCUT2D eigenvalue weighted by Crippen LogP contribution is 2.22. The van der Waals surface area contributed by atoms with Gasteiger partial charge < -0.3 is 34.8 Å². The molecule has 1 aliphatic heterocycles. The Labute approximate surface area is 146 Å². The molecule has 1 saturated heterocycles. The zero-order valence-electron chi connectivity index (χ0n) is 14.3. The number of aliphatic hydroxyl groups excluding tert-OH is 3. The van der Waals surface area contributed by atoms with Gasteiger partial charge in [0.05, 0.1) is 20.3 Å². The summed E-state index contributed by atoms with van der Waals surface area (Å²) in [6.07, 6.45) is -3.99. The summed E-state index contributed by atoms with van der Waals surface area (Å²) in [5.41, 5.74) is 1.02. The number of carbonyl (C=O) groups excluding carboxylic acids is 1. The van der Waals surface area contributed by atoms with Gasteiger partial charge in [-0.3, -0.25) is 4.79 Å². The SMILES string of the molecule is COc1ccc(CCO[C@@H]2O[C@H](CO)[C@@H](O)[C@H](O)[C@H]2NC(C)=O)cc1. The molecule has 5 atom stereocenters. The van der Waals surface area contributed by atoms with Gasteiger partial charge in [-0.05, 0) is 24.1 Å². The Bertz CT molecular complexity index is 550. The molecule has 0 spiro atoms. The highest BCUT2D eigenvalue weighted by Gasteiger charge is 2.45. The molecule has 1 fully saturated rings. The molecule has 0 bridgehead atoms. The number of amides is 1. The molecule has 1 amide bonds. The van der Waals surface area contributed by atoms with Crippen LogP contribution in [-0.4, -0.2) is 72.2 Å². The second-order valence-corrected chi connectivity index (χ2v) is 5.90. The van der Waals surface area contributed by atoms with Gasteiger partial charge in [0, 0.05) is 6.92 Å². The van der Waals surface area contributed by atoms with E-state index >= 15 is 0 Å². The fourth-order valence-electron chi connectivity index (χ4n) is 2.70. The zero-order chi connectivity index (χ0) is 18.4. The monoisotopic (exact) mass is 355 g/mol. The fraction of sp³-hybridized carbons (Fsp3) is 0.588. The zero-order valence-corrected chi connectivity index (χ0v) is 14.3. The third kappa shape index (κ3) is 5.13. The van der Waals surface area contributed by atoms with Gasteiger partial charge in [-0.1, -0.05) is 12.1 Å². The van der Waals surface area contributed by atoms with Crippen molar-refractivity contribution in [2.45, 2.75) is 44.0 Å². The number of nitrogens with one attached hydrogen (secondary N) is 1. The first kappa shape index (κ1) is 19.6. The van der Waals surface area contributed by atoms with Crippen LogP contribution in [0.5, 0.6) is 5.75 Å². The molecular weight excluding hydrogens is 330 g/mol. The van der Waals surface area contributed by atoms with Crippen LogP contribution in [0, 0.1) is 0 Å². The van der Waals surface area contributed by atoms with Gasteiger partial charge in [-0.25, -0.2) is 0 Å². The summed E-state index contributed by atoms with van der Waals surface area (Å²) in [7, 11) is 1.60. The first-order chi connectivity index (χ1) is 12.0. The molecule has 8 heteroatoms. The largest absolute Gasteiger partial charge is 0.497 e. The summed E-state index contributed by atoms with van der Waals surface area (Å²) in [5.74, 6) is 0.375. The van der Waals surface area contributed by atoms with Crippen LogP contribution in [0.25, 0.3) is 0 Å². The van der Waals surface area contributed by atoms with E-state index in [-0.39, 0.29) is 12.5 Å². The maximum atomic E-state index is 11.3. The van der Waals surface area contributed by atoms with Crippen LogP contribution in [0.1, 0.15) is 12.5 Å². The van der Waals surface area contributed by atoms with Crippen LogP contribution >= 0.6 is 0 Å². The van der Waals surface area contributed by atoms with Gasteiger partial charge in [0.1, 0.15) is 30.1 Å². The molecular formula is C17H25NO7. The second-order valence-electron chi connectivity index (χ2n) is 5.90. The topological polar surface area (TPSA) is 117 Å². The number of ether oxygens (including phenoxy) is 3. The normalized spacial score (nSPS) is 29.2. The number of aliphatic hydroxyl groups is 3. The maximum Gasteiger partial charge on any atom is 0.217 e. The van der Waals surface area contributed by atoms with E-state index in [1.807, 2.05) is 24.3 Å². The van der Waals surface area contributed by atoms with Gasteiger partial charge in [-0.15, -0.1) is 0 Å². The lowest BCUT2D eigenvalue weighted by Gasteiger charge is -2.42. The number of hydrogen-bond donors (Lipinski definition) is 4. The van der Waals surface area contributed by atoms with E-state index in [0.29, 0.717) is 6.42 Å². The van der Waals surface area contributed by atoms with Crippen molar-refractivity contribution in [3.05, 3.63) is 29.8 Å². The Hall–Kier alpha value is -1.71. The van der Waals surface area contributed by atoms with Crippen molar-refractivity contribution in [1.29, 1.82) is 0 Å². The first-order valence-corrected chi connectivity index (χ1v) is 8.10. The molecule has 1 aromatic rings. The summed E-state index contributed by atoms with van der Waals surface area (Å²) in [6.45, 7) is 1.10. The molecule has 0 aromatic heterocycles. The molecule has 4 N–H and O–H groups in total. The maximum absolute atomic E-state index is 11.3. The van der Waals surface area contributed by atoms with E-state index in [9.17, 15) is 20.1 Å². The molecule has 2 rings (SSSR count). The van der Waals surface area contributed by atoms with Crippen LogP contribution in [-0.2, 0) is 20.7 Å². The lowest BCUT2D eigenvalue weighted by molar-refractivity contribution is -0.269. The Kier molecular flexibility index (Phi) is 7.15. The standard InChI is InChI=1S/C17H25NO7/c1-10(20)18-14-16(22)15(21)13(9-19)25-17(14)24-8-7-11-3-5-12(23-2)6-4-11/h3-6,13-17,19,21-22H,7-9H2,1-2H3,(H,18,20)/t13-,14-,15-,16-,17-/m1/s1. The Morgan fingerprint density at radius 1 is 1.24 bits per heavy atom. The molecule has 8 nitrogen and oxygen atoms in total. The summed E-state index contributed by atoms with van der Waals surface area (Å²) in [4.78, 5) is 11.3. The highest BCUT2D eigenvalue weighted by molar-refractivity contribution is 5.73. The van der Waals surface area contributed by atoms with Crippen LogP contribution in [0.2, 0.25) is 0 Å². The fourth-order valence-corrected chi connectivity index (χ4v) is 2.70. The van der Waals surface area contributed by atoms with E-state index < -0.39 is 37.3 Å². The van der Waals surface area contributed by atoms with Gasteiger partial charge in [0.2, 0.25) is 5.91 Å².